The van der Waals surface area contributed by atoms with E-state index < -0.39 is 17.2 Å². The highest BCUT2D eigenvalue weighted by atomic mass is 19.1. The zero-order valence-corrected chi connectivity index (χ0v) is 13.3. The minimum atomic E-state index is -0.533. The fourth-order valence-corrected chi connectivity index (χ4v) is 3.29. The predicted octanol–water partition coefficient (Wildman–Crippen LogP) is 2.60. The van der Waals surface area contributed by atoms with Gasteiger partial charge in [-0.2, -0.15) is 0 Å². The van der Waals surface area contributed by atoms with E-state index in [0.29, 0.717) is 6.54 Å². The molecule has 6 heteroatoms. The van der Waals surface area contributed by atoms with Gasteiger partial charge in [0, 0.05) is 18.0 Å². The van der Waals surface area contributed by atoms with E-state index in [0.717, 1.165) is 44.2 Å². The van der Waals surface area contributed by atoms with Crippen LogP contribution in [0, 0.1) is 11.2 Å². The second-order valence-electron chi connectivity index (χ2n) is 6.52. The van der Waals surface area contributed by atoms with Crippen LogP contribution < -0.4 is 10.7 Å². The van der Waals surface area contributed by atoms with Crippen molar-refractivity contribution in [1.29, 1.82) is 0 Å². The second-order valence-corrected chi connectivity index (χ2v) is 6.52. The quantitative estimate of drug-likeness (QED) is 0.901. The van der Waals surface area contributed by atoms with Crippen LogP contribution in [-0.2, 0) is 0 Å². The van der Waals surface area contributed by atoms with E-state index in [4.69, 9.17) is 4.42 Å². The summed E-state index contributed by atoms with van der Waals surface area (Å²) >= 11 is 0. The third kappa shape index (κ3) is 3.33. The van der Waals surface area contributed by atoms with Crippen LogP contribution in [0.15, 0.2) is 33.5 Å². The van der Waals surface area contributed by atoms with E-state index in [1.807, 2.05) is 0 Å². The molecule has 1 aliphatic carbocycles. The normalized spacial score (nSPS) is 16.9. The first-order chi connectivity index (χ1) is 11.5. The van der Waals surface area contributed by atoms with Crippen LogP contribution >= 0.6 is 0 Å². The van der Waals surface area contributed by atoms with Crippen molar-refractivity contribution in [2.24, 2.45) is 5.41 Å². The highest BCUT2D eigenvalue weighted by Gasteiger charge is 2.32. The number of aliphatic hydroxyl groups excluding tert-OH is 1. The number of nitrogens with one attached hydrogen (secondary N) is 1. The molecule has 1 aromatic carbocycles. The summed E-state index contributed by atoms with van der Waals surface area (Å²) in [6, 6.07) is 4.67. The Bertz CT molecular complexity index is 808. The molecule has 1 amide bonds. The number of rotatable bonds is 4. The zero-order chi connectivity index (χ0) is 17.2. The summed E-state index contributed by atoms with van der Waals surface area (Å²) in [5.41, 5.74) is -0.590. The Morgan fingerprint density at radius 3 is 2.71 bits per heavy atom. The number of hydrogen-bond acceptors (Lipinski definition) is 4. The zero-order valence-electron chi connectivity index (χ0n) is 13.3. The van der Waals surface area contributed by atoms with Gasteiger partial charge in [0.05, 0.1) is 12.0 Å². The summed E-state index contributed by atoms with van der Waals surface area (Å²) in [6.07, 6.45) is 4.95. The minimum absolute atomic E-state index is 0.0220. The Hall–Kier alpha value is -2.21. The average molecular weight is 333 g/mol. The number of halogens is 1. The van der Waals surface area contributed by atoms with E-state index in [1.165, 1.54) is 12.1 Å². The number of amides is 1. The lowest BCUT2D eigenvalue weighted by Crippen LogP contribution is -2.41. The van der Waals surface area contributed by atoms with Gasteiger partial charge in [-0.15, -0.1) is 0 Å². The van der Waals surface area contributed by atoms with Gasteiger partial charge < -0.3 is 14.8 Å². The van der Waals surface area contributed by atoms with E-state index in [-0.39, 0.29) is 28.8 Å². The molecule has 3 rings (SSSR count). The van der Waals surface area contributed by atoms with Crippen molar-refractivity contribution in [1.82, 2.24) is 5.32 Å². The van der Waals surface area contributed by atoms with Crippen LogP contribution in [0.5, 0.6) is 0 Å². The SMILES string of the molecule is O=C(NCC1(CO)CCCCC1)c1cc(=O)c2cc(F)ccc2o1. The van der Waals surface area contributed by atoms with Crippen molar-refractivity contribution in [3.63, 3.8) is 0 Å². The molecule has 2 aromatic rings. The second kappa shape index (κ2) is 6.73. The summed E-state index contributed by atoms with van der Waals surface area (Å²) in [6.45, 7) is 0.363. The molecule has 0 saturated heterocycles. The molecule has 24 heavy (non-hydrogen) atoms. The van der Waals surface area contributed by atoms with Gasteiger partial charge in [0.25, 0.3) is 5.91 Å². The first-order valence-corrected chi connectivity index (χ1v) is 8.15. The predicted molar refractivity (Wildman–Crippen MR) is 87.4 cm³/mol. The molecule has 1 heterocycles. The number of aliphatic hydroxyl groups is 1. The molecule has 0 bridgehead atoms. The van der Waals surface area contributed by atoms with Gasteiger partial charge in [-0.3, -0.25) is 9.59 Å². The molecule has 0 atom stereocenters. The number of benzene rings is 1. The fraction of sp³-hybridized carbons (Fsp3) is 0.444. The molecule has 1 aliphatic rings. The molecule has 0 spiro atoms. The molecule has 0 radical (unpaired) electrons. The van der Waals surface area contributed by atoms with E-state index in [1.54, 1.807) is 0 Å². The molecule has 128 valence electrons. The maximum absolute atomic E-state index is 13.2. The van der Waals surface area contributed by atoms with Crippen molar-refractivity contribution >= 4 is 16.9 Å². The van der Waals surface area contributed by atoms with Gasteiger partial charge in [-0.05, 0) is 31.0 Å². The largest absolute Gasteiger partial charge is 0.451 e. The van der Waals surface area contributed by atoms with Crippen molar-refractivity contribution in [3.05, 3.63) is 46.1 Å². The van der Waals surface area contributed by atoms with Gasteiger partial charge in [0.2, 0.25) is 0 Å². The maximum Gasteiger partial charge on any atom is 0.287 e. The smallest absolute Gasteiger partial charge is 0.287 e. The monoisotopic (exact) mass is 333 g/mol. The first kappa shape index (κ1) is 16.6. The van der Waals surface area contributed by atoms with E-state index >= 15 is 0 Å². The van der Waals surface area contributed by atoms with Crippen molar-refractivity contribution in [2.75, 3.05) is 13.2 Å². The Labute approximate surface area is 138 Å². The highest BCUT2D eigenvalue weighted by Crippen LogP contribution is 2.35. The third-order valence-corrected chi connectivity index (χ3v) is 4.79. The third-order valence-electron chi connectivity index (χ3n) is 4.79. The lowest BCUT2D eigenvalue weighted by atomic mass is 9.74. The van der Waals surface area contributed by atoms with Crippen LogP contribution in [0.1, 0.15) is 42.7 Å². The average Bonchev–Trinajstić information content (AvgIpc) is 2.61. The van der Waals surface area contributed by atoms with Gasteiger partial charge in [-0.25, -0.2) is 4.39 Å². The van der Waals surface area contributed by atoms with Crippen LogP contribution in [0.2, 0.25) is 0 Å². The van der Waals surface area contributed by atoms with Crippen molar-refractivity contribution < 1.29 is 18.7 Å². The van der Waals surface area contributed by atoms with Gasteiger partial charge in [0.15, 0.2) is 11.2 Å². The lowest BCUT2D eigenvalue weighted by Gasteiger charge is -2.35. The minimum Gasteiger partial charge on any atom is -0.451 e. The van der Waals surface area contributed by atoms with Crippen LogP contribution in [0.25, 0.3) is 11.0 Å². The molecular formula is C18H20FNO4. The summed E-state index contributed by atoms with van der Waals surface area (Å²) < 4.78 is 18.6. The summed E-state index contributed by atoms with van der Waals surface area (Å²) in [5.74, 6) is -1.14. The highest BCUT2D eigenvalue weighted by molar-refractivity contribution is 5.93. The first-order valence-electron chi connectivity index (χ1n) is 8.15. The topological polar surface area (TPSA) is 79.5 Å². The van der Waals surface area contributed by atoms with Crippen LogP contribution in [-0.4, -0.2) is 24.2 Å². The molecule has 1 aromatic heterocycles. The van der Waals surface area contributed by atoms with Crippen molar-refractivity contribution in [2.45, 2.75) is 32.1 Å². The molecule has 1 saturated carbocycles. The van der Waals surface area contributed by atoms with Gasteiger partial charge in [-0.1, -0.05) is 19.3 Å². The number of hydrogen-bond donors (Lipinski definition) is 2. The lowest BCUT2D eigenvalue weighted by molar-refractivity contribution is 0.0704. The molecule has 5 nitrogen and oxygen atoms in total. The molecule has 1 fully saturated rings. The van der Waals surface area contributed by atoms with Gasteiger partial charge in [0.1, 0.15) is 11.4 Å². The Kier molecular flexibility index (Phi) is 4.66. The van der Waals surface area contributed by atoms with Gasteiger partial charge >= 0.3 is 0 Å². The van der Waals surface area contributed by atoms with Crippen LogP contribution in [0.4, 0.5) is 4.39 Å². The molecular weight excluding hydrogens is 313 g/mol. The summed E-state index contributed by atoms with van der Waals surface area (Å²) in [4.78, 5) is 24.3. The Morgan fingerprint density at radius 2 is 2.00 bits per heavy atom. The Morgan fingerprint density at radius 1 is 1.25 bits per heavy atom. The number of carbonyl (C=O) groups is 1. The summed E-state index contributed by atoms with van der Waals surface area (Å²) in [7, 11) is 0. The van der Waals surface area contributed by atoms with E-state index in [2.05, 4.69) is 5.32 Å². The Balaban J connectivity index is 1.79. The van der Waals surface area contributed by atoms with E-state index in [9.17, 15) is 19.1 Å². The standard InChI is InChI=1S/C18H20FNO4/c19-12-4-5-15-13(8-12)14(22)9-16(24-15)17(23)20-10-18(11-21)6-2-1-3-7-18/h4-5,8-9,21H,1-3,6-7,10-11H2,(H,20,23). The number of fused-ring (bicyclic) bond motifs is 1. The van der Waals surface area contributed by atoms with Crippen molar-refractivity contribution in [3.8, 4) is 0 Å². The fourth-order valence-electron chi connectivity index (χ4n) is 3.29. The summed E-state index contributed by atoms with van der Waals surface area (Å²) in [5, 5.41) is 12.5. The maximum atomic E-state index is 13.2. The number of carbonyl (C=O) groups excluding carboxylic acids is 1. The molecule has 0 aliphatic heterocycles. The molecule has 2 N–H and O–H groups in total. The van der Waals surface area contributed by atoms with Crippen LogP contribution in [0.3, 0.4) is 0 Å². The molecule has 0 unspecified atom stereocenters.